The normalized spacial score (nSPS) is 20.2. The van der Waals surface area contributed by atoms with E-state index in [1.807, 2.05) is 13.1 Å². The van der Waals surface area contributed by atoms with Crippen LogP contribution in [0.5, 0.6) is 0 Å². The summed E-state index contributed by atoms with van der Waals surface area (Å²) >= 11 is 0. The lowest BCUT2D eigenvalue weighted by Crippen LogP contribution is -2.48. The summed E-state index contributed by atoms with van der Waals surface area (Å²) in [6, 6.07) is 2.02. The maximum absolute atomic E-state index is 8.62. The Kier molecular flexibility index (Phi) is 5.27. The minimum atomic E-state index is 0.535. The molecule has 0 bridgehead atoms. The number of aromatic amines is 1. The van der Waals surface area contributed by atoms with Gasteiger partial charge in [-0.25, -0.2) is 0 Å². The molecule has 27 heavy (non-hydrogen) atoms. The second-order valence-corrected chi connectivity index (χ2v) is 8.57. The van der Waals surface area contributed by atoms with Crippen LogP contribution in [0.3, 0.4) is 0 Å². The van der Waals surface area contributed by atoms with Gasteiger partial charge in [-0.3, -0.25) is 15.5 Å². The number of nitrogens with zero attached hydrogens (tertiary/aromatic N) is 3. The molecule has 0 aromatic carbocycles. The van der Waals surface area contributed by atoms with Crippen molar-refractivity contribution in [2.24, 2.45) is 5.92 Å². The highest BCUT2D eigenvalue weighted by atomic mass is 31.1. The number of amidine groups is 1. The van der Waals surface area contributed by atoms with Crippen LogP contribution in [-0.4, -0.2) is 64.9 Å². The van der Waals surface area contributed by atoms with Crippen LogP contribution in [-0.2, 0) is 4.74 Å². The van der Waals surface area contributed by atoms with E-state index in [9.17, 15) is 0 Å². The summed E-state index contributed by atoms with van der Waals surface area (Å²) in [5, 5.41) is 22.5. The van der Waals surface area contributed by atoms with Crippen molar-refractivity contribution in [3.8, 4) is 11.4 Å². The van der Waals surface area contributed by atoms with Crippen molar-refractivity contribution in [1.82, 2.24) is 20.1 Å². The molecule has 2 aromatic rings. The van der Waals surface area contributed by atoms with E-state index in [1.54, 1.807) is 12.4 Å². The topological polar surface area (TPSA) is 102 Å². The molecule has 4 N–H and O–H groups in total. The first-order valence-corrected chi connectivity index (χ1v) is 10.4. The molecular formula is C18H26N7OP. The minimum absolute atomic E-state index is 0.535. The third kappa shape index (κ3) is 3.77. The highest BCUT2D eigenvalue weighted by Gasteiger charge is 2.27. The Hall–Kier alpha value is -2.18. The molecule has 2 unspecified atom stereocenters. The fourth-order valence-corrected chi connectivity index (χ4v) is 4.47. The summed E-state index contributed by atoms with van der Waals surface area (Å²) in [6.07, 6.45) is 4.64. The smallest absolute Gasteiger partial charge is 0.131 e. The van der Waals surface area contributed by atoms with Gasteiger partial charge in [-0.05, 0) is 27.1 Å². The standard InChI is InChI=1S/C18H26N7OP/c1-11-8-25(9-11)18(19)13-6-21-15(17-16(20-2)7-22-23-17)5-14(13)24-27-12-3-4-26-10-12/h5-7,11-12,19-20,27H,3-4,8-10H2,1-2H3,(H,21,24)(H,22,23). The third-order valence-electron chi connectivity index (χ3n) is 5.04. The van der Waals surface area contributed by atoms with E-state index in [0.717, 1.165) is 61.1 Å². The molecule has 4 rings (SSSR count). The molecule has 0 amide bonds. The number of pyridine rings is 1. The summed E-state index contributed by atoms with van der Waals surface area (Å²) in [5.74, 6) is 1.19. The average Bonchev–Trinajstić information content (AvgIpc) is 3.34. The van der Waals surface area contributed by atoms with Crippen molar-refractivity contribution < 1.29 is 4.74 Å². The zero-order valence-corrected chi connectivity index (χ0v) is 16.7. The van der Waals surface area contributed by atoms with Crippen LogP contribution in [0.4, 0.5) is 11.4 Å². The minimum Gasteiger partial charge on any atom is -0.385 e. The number of rotatable bonds is 6. The van der Waals surface area contributed by atoms with Gasteiger partial charge in [0.25, 0.3) is 0 Å². The number of ether oxygens (including phenoxy) is 1. The van der Waals surface area contributed by atoms with Gasteiger partial charge < -0.3 is 20.0 Å². The molecule has 2 fully saturated rings. The van der Waals surface area contributed by atoms with Gasteiger partial charge in [0.2, 0.25) is 0 Å². The van der Waals surface area contributed by atoms with E-state index in [4.69, 9.17) is 10.1 Å². The molecular weight excluding hydrogens is 361 g/mol. The lowest BCUT2D eigenvalue weighted by molar-refractivity contribution is 0.199. The second-order valence-electron chi connectivity index (χ2n) is 7.21. The van der Waals surface area contributed by atoms with Gasteiger partial charge in [-0.15, -0.1) is 0 Å². The molecule has 9 heteroatoms. The second kappa shape index (κ2) is 7.82. The number of nitrogens with one attached hydrogen (secondary N) is 4. The van der Waals surface area contributed by atoms with Crippen LogP contribution in [0.25, 0.3) is 11.4 Å². The fourth-order valence-electron chi connectivity index (χ4n) is 3.44. The van der Waals surface area contributed by atoms with E-state index in [2.05, 4.69) is 37.4 Å². The molecule has 0 radical (unpaired) electrons. The molecule has 2 saturated heterocycles. The lowest BCUT2D eigenvalue weighted by atomic mass is 10.0. The summed E-state index contributed by atoms with van der Waals surface area (Å²) in [6.45, 7) is 5.73. The van der Waals surface area contributed by atoms with E-state index in [-0.39, 0.29) is 0 Å². The summed E-state index contributed by atoms with van der Waals surface area (Å²) in [4.78, 5) is 6.71. The molecule has 0 spiro atoms. The van der Waals surface area contributed by atoms with Gasteiger partial charge in [0.15, 0.2) is 0 Å². The van der Waals surface area contributed by atoms with Crippen molar-refractivity contribution in [1.29, 1.82) is 5.41 Å². The van der Waals surface area contributed by atoms with Gasteiger partial charge >= 0.3 is 0 Å². The van der Waals surface area contributed by atoms with Crippen LogP contribution < -0.4 is 10.4 Å². The summed E-state index contributed by atoms with van der Waals surface area (Å²) in [7, 11) is 2.42. The zero-order chi connectivity index (χ0) is 18.8. The number of hydrogen-bond acceptors (Lipinski definition) is 6. The maximum Gasteiger partial charge on any atom is 0.131 e. The highest BCUT2D eigenvalue weighted by molar-refractivity contribution is 7.40. The molecule has 8 nitrogen and oxygen atoms in total. The molecule has 2 aromatic heterocycles. The average molecular weight is 387 g/mol. The van der Waals surface area contributed by atoms with E-state index < -0.39 is 0 Å². The first-order chi connectivity index (χ1) is 13.2. The van der Waals surface area contributed by atoms with Crippen LogP contribution in [0, 0.1) is 11.3 Å². The number of hydrogen-bond donors (Lipinski definition) is 4. The Labute approximate surface area is 160 Å². The highest BCUT2D eigenvalue weighted by Crippen LogP contribution is 2.34. The molecule has 0 saturated carbocycles. The van der Waals surface area contributed by atoms with Crippen LogP contribution in [0.15, 0.2) is 18.5 Å². The Morgan fingerprint density at radius 1 is 1.37 bits per heavy atom. The van der Waals surface area contributed by atoms with Crippen molar-refractivity contribution in [2.75, 3.05) is 43.8 Å². The molecule has 0 aliphatic carbocycles. The molecule has 144 valence electrons. The largest absolute Gasteiger partial charge is 0.385 e. The van der Waals surface area contributed by atoms with Gasteiger partial charge in [-0.1, -0.05) is 6.92 Å². The van der Waals surface area contributed by atoms with Crippen LogP contribution >= 0.6 is 8.73 Å². The van der Waals surface area contributed by atoms with E-state index in [1.165, 1.54) is 0 Å². The SMILES string of the molecule is CNc1cn[nH]c1-c1cc(NPC2CCOC2)c(C(=N)N2CC(C)C2)cn1. The van der Waals surface area contributed by atoms with E-state index in [0.29, 0.717) is 26.1 Å². The zero-order valence-electron chi connectivity index (χ0n) is 15.7. The molecule has 2 aliphatic rings. The predicted molar refractivity (Wildman–Crippen MR) is 110 cm³/mol. The number of anilines is 2. The van der Waals surface area contributed by atoms with Crippen molar-refractivity contribution in [3.63, 3.8) is 0 Å². The predicted octanol–water partition coefficient (Wildman–Crippen LogP) is 2.58. The number of H-pyrrole nitrogens is 1. The van der Waals surface area contributed by atoms with Crippen LogP contribution in [0.1, 0.15) is 18.9 Å². The number of aromatic nitrogens is 3. The Morgan fingerprint density at radius 3 is 2.93 bits per heavy atom. The van der Waals surface area contributed by atoms with Gasteiger partial charge in [0, 0.05) is 38.6 Å². The fraction of sp³-hybridized carbons (Fsp3) is 0.500. The van der Waals surface area contributed by atoms with Crippen molar-refractivity contribution >= 4 is 25.9 Å². The first-order valence-electron chi connectivity index (χ1n) is 9.30. The Balaban J connectivity index is 1.61. The summed E-state index contributed by atoms with van der Waals surface area (Å²) < 4.78 is 5.50. The van der Waals surface area contributed by atoms with Crippen LogP contribution in [0.2, 0.25) is 0 Å². The molecule has 2 aliphatic heterocycles. The molecule has 2 atom stereocenters. The van der Waals surface area contributed by atoms with E-state index >= 15 is 0 Å². The van der Waals surface area contributed by atoms with Gasteiger partial charge in [-0.2, -0.15) is 5.10 Å². The quantitative estimate of drug-likeness (QED) is 0.345. The third-order valence-corrected chi connectivity index (χ3v) is 6.32. The first kappa shape index (κ1) is 18.2. The lowest BCUT2D eigenvalue weighted by Gasteiger charge is -2.39. The Morgan fingerprint density at radius 2 is 2.22 bits per heavy atom. The van der Waals surface area contributed by atoms with Crippen molar-refractivity contribution in [2.45, 2.75) is 19.0 Å². The van der Waals surface area contributed by atoms with Crippen molar-refractivity contribution in [3.05, 3.63) is 24.0 Å². The molecule has 4 heterocycles. The summed E-state index contributed by atoms with van der Waals surface area (Å²) in [5.41, 5.74) is 4.89. The van der Waals surface area contributed by atoms with Gasteiger partial charge in [0.05, 0.1) is 35.4 Å². The Bertz CT molecular complexity index is 812. The number of likely N-dealkylation sites (tertiary alicyclic amines) is 1. The monoisotopic (exact) mass is 387 g/mol. The maximum atomic E-state index is 8.62. The van der Waals surface area contributed by atoms with Gasteiger partial charge in [0.1, 0.15) is 11.5 Å².